The summed E-state index contributed by atoms with van der Waals surface area (Å²) in [6, 6.07) is 32.8. The van der Waals surface area contributed by atoms with Crippen molar-refractivity contribution in [2.45, 2.75) is 25.9 Å². The lowest BCUT2D eigenvalue weighted by atomic mass is 10.1. The Balaban J connectivity index is 1.53. The molecule has 4 aromatic rings. The van der Waals surface area contributed by atoms with Crippen LogP contribution in [-0.4, -0.2) is 11.8 Å². The molecule has 1 N–H and O–H groups in total. The monoisotopic (exact) mass is 492 g/mol. The molecule has 0 aliphatic carbocycles. The molecule has 0 fully saturated rings. The van der Waals surface area contributed by atoms with E-state index in [1.807, 2.05) is 91.9 Å². The van der Waals surface area contributed by atoms with Gasteiger partial charge >= 0.3 is 0 Å². The summed E-state index contributed by atoms with van der Waals surface area (Å²) in [5.74, 6) is -0.648. The Bertz CT molecular complexity index is 1350. The molecule has 0 saturated carbocycles. The van der Waals surface area contributed by atoms with Crippen molar-refractivity contribution in [2.75, 3.05) is 4.90 Å². The van der Waals surface area contributed by atoms with E-state index in [2.05, 4.69) is 5.32 Å². The maximum atomic E-state index is 13.5. The van der Waals surface area contributed by atoms with Crippen LogP contribution in [0.2, 0.25) is 0 Å². The standard InChI is InChI=1S/C32H29FN2O2/c1-24(28-12-6-3-7-13-28)34-31(36)22-27-11-8-14-30(21-27)35(23-26-15-18-29(33)19-16-26)32(37)20-17-25-9-4-2-5-10-25/h2-21,24H,22-23H2,1H3,(H,34,36)/b20-17+/t24-/m1/s1. The van der Waals surface area contributed by atoms with Crippen LogP contribution in [0.15, 0.2) is 115 Å². The van der Waals surface area contributed by atoms with Crippen LogP contribution in [0.3, 0.4) is 0 Å². The average Bonchev–Trinajstić information content (AvgIpc) is 2.92. The number of benzene rings is 4. The summed E-state index contributed by atoms with van der Waals surface area (Å²) < 4.78 is 13.5. The van der Waals surface area contributed by atoms with Crippen molar-refractivity contribution in [3.63, 3.8) is 0 Å². The van der Waals surface area contributed by atoms with Gasteiger partial charge in [-0.25, -0.2) is 4.39 Å². The van der Waals surface area contributed by atoms with E-state index < -0.39 is 0 Å². The zero-order chi connectivity index (χ0) is 26.0. The fourth-order valence-corrected chi connectivity index (χ4v) is 4.03. The summed E-state index contributed by atoms with van der Waals surface area (Å²) in [4.78, 5) is 27.7. The first kappa shape index (κ1) is 25.6. The number of anilines is 1. The lowest BCUT2D eigenvalue weighted by molar-refractivity contribution is -0.121. The van der Waals surface area contributed by atoms with Crippen LogP contribution >= 0.6 is 0 Å². The first-order valence-corrected chi connectivity index (χ1v) is 12.2. The molecule has 4 aromatic carbocycles. The molecule has 0 saturated heterocycles. The molecule has 4 nitrogen and oxygen atoms in total. The van der Waals surface area contributed by atoms with Crippen molar-refractivity contribution in [3.8, 4) is 0 Å². The summed E-state index contributed by atoms with van der Waals surface area (Å²) in [7, 11) is 0. The van der Waals surface area contributed by atoms with Crippen LogP contribution in [0, 0.1) is 5.82 Å². The maximum absolute atomic E-state index is 13.5. The summed E-state index contributed by atoms with van der Waals surface area (Å²) in [5.41, 5.74) is 4.19. The van der Waals surface area contributed by atoms with Gasteiger partial charge in [0.1, 0.15) is 5.82 Å². The first-order chi connectivity index (χ1) is 18.0. The Morgan fingerprint density at radius 3 is 2.22 bits per heavy atom. The Morgan fingerprint density at radius 2 is 1.51 bits per heavy atom. The molecule has 1 atom stereocenters. The van der Waals surface area contributed by atoms with E-state index >= 15 is 0 Å². The van der Waals surface area contributed by atoms with Crippen molar-refractivity contribution in [1.29, 1.82) is 0 Å². The van der Waals surface area contributed by atoms with E-state index in [-0.39, 0.29) is 36.6 Å². The Kier molecular flexibility index (Phi) is 8.61. The highest BCUT2D eigenvalue weighted by Gasteiger charge is 2.16. The highest BCUT2D eigenvalue weighted by Crippen LogP contribution is 2.21. The van der Waals surface area contributed by atoms with Crippen molar-refractivity contribution in [1.82, 2.24) is 5.32 Å². The molecule has 186 valence electrons. The van der Waals surface area contributed by atoms with E-state index in [9.17, 15) is 14.0 Å². The quantitative estimate of drug-likeness (QED) is 0.272. The number of rotatable bonds is 9. The summed E-state index contributed by atoms with van der Waals surface area (Å²) in [6.45, 7) is 2.21. The smallest absolute Gasteiger partial charge is 0.251 e. The Labute approximate surface area is 217 Å². The molecule has 5 heteroatoms. The third kappa shape index (κ3) is 7.48. The second-order valence-electron chi connectivity index (χ2n) is 8.84. The van der Waals surface area contributed by atoms with Gasteiger partial charge in [0, 0.05) is 11.8 Å². The molecule has 0 radical (unpaired) electrons. The predicted octanol–water partition coefficient (Wildman–Crippen LogP) is 6.49. The molecule has 0 aromatic heterocycles. The summed E-state index contributed by atoms with van der Waals surface area (Å²) >= 11 is 0. The molecule has 4 rings (SSSR count). The number of hydrogen-bond acceptors (Lipinski definition) is 2. The largest absolute Gasteiger partial charge is 0.349 e. The molecule has 0 heterocycles. The van der Waals surface area contributed by atoms with E-state index in [0.717, 1.165) is 22.3 Å². The van der Waals surface area contributed by atoms with Crippen molar-refractivity contribution in [2.24, 2.45) is 0 Å². The molecular weight excluding hydrogens is 463 g/mol. The minimum absolute atomic E-state index is 0.103. The lowest BCUT2D eigenvalue weighted by Crippen LogP contribution is -2.29. The SMILES string of the molecule is C[C@@H](NC(=O)Cc1cccc(N(Cc2ccc(F)cc2)C(=O)/C=C/c2ccccc2)c1)c1ccccc1. The van der Waals surface area contributed by atoms with Crippen molar-refractivity contribution in [3.05, 3.63) is 143 Å². The van der Waals surface area contributed by atoms with Gasteiger partial charge in [0.25, 0.3) is 5.91 Å². The van der Waals surface area contributed by atoms with Gasteiger partial charge in [-0.3, -0.25) is 9.59 Å². The van der Waals surface area contributed by atoms with Gasteiger partial charge in [-0.1, -0.05) is 84.9 Å². The Hall–Kier alpha value is -4.51. The van der Waals surface area contributed by atoms with Crippen LogP contribution in [0.5, 0.6) is 0 Å². The molecule has 0 aliphatic heterocycles. The van der Waals surface area contributed by atoms with Crippen LogP contribution < -0.4 is 10.2 Å². The van der Waals surface area contributed by atoms with Gasteiger partial charge in [-0.15, -0.1) is 0 Å². The minimum atomic E-state index is -0.330. The number of hydrogen-bond donors (Lipinski definition) is 1. The third-order valence-corrected chi connectivity index (χ3v) is 6.00. The Morgan fingerprint density at radius 1 is 0.838 bits per heavy atom. The van der Waals surface area contributed by atoms with E-state index in [4.69, 9.17) is 0 Å². The van der Waals surface area contributed by atoms with Crippen molar-refractivity contribution >= 4 is 23.6 Å². The van der Waals surface area contributed by atoms with Gasteiger partial charge in [-0.05, 0) is 59.5 Å². The molecule has 0 spiro atoms. The van der Waals surface area contributed by atoms with Gasteiger partial charge in [0.15, 0.2) is 0 Å². The summed E-state index contributed by atoms with van der Waals surface area (Å²) in [5, 5.41) is 3.03. The normalized spacial score (nSPS) is 11.7. The van der Waals surface area contributed by atoms with Gasteiger partial charge in [0.05, 0.1) is 19.0 Å². The fourth-order valence-electron chi connectivity index (χ4n) is 4.03. The molecule has 2 amide bonds. The number of nitrogens with zero attached hydrogens (tertiary/aromatic N) is 1. The van der Waals surface area contributed by atoms with E-state index in [0.29, 0.717) is 5.69 Å². The number of carbonyl (C=O) groups is 2. The van der Waals surface area contributed by atoms with Crippen molar-refractivity contribution < 1.29 is 14.0 Å². The van der Waals surface area contributed by atoms with Crippen LogP contribution in [0.4, 0.5) is 10.1 Å². The summed E-state index contributed by atoms with van der Waals surface area (Å²) in [6.07, 6.45) is 3.48. The van der Waals surface area contributed by atoms with Crippen LogP contribution in [-0.2, 0) is 22.6 Å². The number of halogens is 1. The van der Waals surface area contributed by atoms with Gasteiger partial charge in [-0.2, -0.15) is 0 Å². The van der Waals surface area contributed by atoms with E-state index in [1.165, 1.54) is 18.2 Å². The zero-order valence-electron chi connectivity index (χ0n) is 20.7. The maximum Gasteiger partial charge on any atom is 0.251 e. The van der Waals surface area contributed by atoms with Crippen LogP contribution in [0.1, 0.15) is 35.2 Å². The zero-order valence-corrected chi connectivity index (χ0v) is 20.7. The second-order valence-corrected chi connectivity index (χ2v) is 8.84. The topological polar surface area (TPSA) is 49.4 Å². The highest BCUT2D eigenvalue weighted by molar-refractivity contribution is 6.03. The fraction of sp³-hybridized carbons (Fsp3) is 0.125. The predicted molar refractivity (Wildman–Crippen MR) is 146 cm³/mol. The number of nitrogens with one attached hydrogen (secondary N) is 1. The minimum Gasteiger partial charge on any atom is -0.349 e. The molecule has 0 aliphatic rings. The first-order valence-electron chi connectivity index (χ1n) is 12.2. The van der Waals surface area contributed by atoms with Crippen LogP contribution in [0.25, 0.3) is 6.08 Å². The molecular formula is C32H29FN2O2. The molecule has 0 bridgehead atoms. The van der Waals surface area contributed by atoms with E-state index in [1.54, 1.807) is 23.1 Å². The average molecular weight is 493 g/mol. The second kappa shape index (κ2) is 12.5. The lowest BCUT2D eigenvalue weighted by Gasteiger charge is -2.22. The molecule has 37 heavy (non-hydrogen) atoms. The number of carbonyl (C=O) groups excluding carboxylic acids is 2. The van der Waals surface area contributed by atoms with Gasteiger partial charge in [0.2, 0.25) is 5.91 Å². The molecule has 0 unspecified atom stereocenters. The highest BCUT2D eigenvalue weighted by atomic mass is 19.1. The number of amides is 2. The third-order valence-electron chi connectivity index (χ3n) is 6.00. The van der Waals surface area contributed by atoms with Gasteiger partial charge < -0.3 is 10.2 Å².